The smallest absolute Gasteiger partial charge is 0.297 e. The third-order valence-corrected chi connectivity index (χ3v) is 8.58. The largest absolute Gasteiger partial charge is 0.399 e. The first kappa shape index (κ1) is 18.2. The van der Waals surface area contributed by atoms with Crippen LogP contribution in [-0.2, 0) is 19.7 Å². The first-order valence-electron chi connectivity index (χ1n) is 10.2. The molecule has 4 nitrogen and oxygen atoms in total. The molecule has 148 valence electrons. The highest BCUT2D eigenvalue weighted by Gasteiger charge is 2.57. The van der Waals surface area contributed by atoms with Gasteiger partial charge in [0.2, 0.25) is 0 Å². The molecule has 5 atom stereocenters. The third kappa shape index (κ3) is 2.96. The van der Waals surface area contributed by atoms with E-state index in [1.54, 1.807) is 12.1 Å². The van der Waals surface area contributed by atoms with Gasteiger partial charge in [0.1, 0.15) is 0 Å². The Hall–Kier alpha value is -1.85. The van der Waals surface area contributed by atoms with Crippen LogP contribution in [0.5, 0.6) is 0 Å². The number of nitrogens with two attached hydrogens (primary N) is 1. The van der Waals surface area contributed by atoms with Crippen molar-refractivity contribution in [1.29, 1.82) is 0 Å². The number of nitrogen functional groups attached to an aromatic ring is 1. The second kappa shape index (κ2) is 6.33. The summed E-state index contributed by atoms with van der Waals surface area (Å²) in [6.07, 6.45) is 5.21. The van der Waals surface area contributed by atoms with Gasteiger partial charge in [0.05, 0.1) is 11.0 Å². The third-order valence-electron chi connectivity index (χ3n) is 7.26. The van der Waals surface area contributed by atoms with E-state index in [1.807, 2.05) is 31.2 Å². The van der Waals surface area contributed by atoms with Crippen LogP contribution in [0.2, 0.25) is 0 Å². The Labute approximate surface area is 167 Å². The summed E-state index contributed by atoms with van der Waals surface area (Å²) in [7, 11) is -3.73. The van der Waals surface area contributed by atoms with Crippen molar-refractivity contribution in [3.8, 4) is 0 Å². The minimum atomic E-state index is -3.73. The first-order chi connectivity index (χ1) is 13.3. The number of benzene rings is 2. The zero-order valence-corrected chi connectivity index (χ0v) is 17.0. The van der Waals surface area contributed by atoms with E-state index in [4.69, 9.17) is 9.92 Å². The van der Waals surface area contributed by atoms with Crippen molar-refractivity contribution in [2.45, 2.75) is 55.4 Å². The zero-order chi connectivity index (χ0) is 19.5. The molecule has 0 radical (unpaired) electrons. The van der Waals surface area contributed by atoms with Gasteiger partial charge in [0, 0.05) is 5.69 Å². The lowest BCUT2D eigenvalue weighted by atomic mass is 9.47. The fourth-order valence-corrected chi connectivity index (χ4v) is 7.42. The summed E-state index contributed by atoms with van der Waals surface area (Å²) in [5, 5.41) is 0. The van der Waals surface area contributed by atoms with Crippen LogP contribution in [0.15, 0.2) is 53.4 Å². The molecular weight excluding hydrogens is 370 g/mol. The molecule has 28 heavy (non-hydrogen) atoms. The van der Waals surface area contributed by atoms with E-state index in [1.165, 1.54) is 12.0 Å². The van der Waals surface area contributed by atoms with Gasteiger partial charge in [0.25, 0.3) is 10.1 Å². The van der Waals surface area contributed by atoms with Crippen LogP contribution in [0.4, 0.5) is 5.69 Å². The van der Waals surface area contributed by atoms with Crippen LogP contribution in [0.25, 0.3) is 0 Å². The topological polar surface area (TPSA) is 69.4 Å². The van der Waals surface area contributed by atoms with Gasteiger partial charge >= 0.3 is 0 Å². The van der Waals surface area contributed by atoms with Crippen molar-refractivity contribution in [2.75, 3.05) is 5.73 Å². The maximum Gasteiger partial charge on any atom is 0.297 e. The fourth-order valence-electron chi connectivity index (χ4n) is 6.23. The molecule has 0 heterocycles. The van der Waals surface area contributed by atoms with Gasteiger partial charge in [-0.2, -0.15) is 8.42 Å². The Kier molecular flexibility index (Phi) is 4.11. The Morgan fingerprint density at radius 1 is 0.929 bits per heavy atom. The lowest BCUT2D eigenvalue weighted by Gasteiger charge is -2.59. The summed E-state index contributed by atoms with van der Waals surface area (Å²) >= 11 is 0. The summed E-state index contributed by atoms with van der Waals surface area (Å²) in [6.45, 7) is 1.95. The van der Waals surface area contributed by atoms with Crippen molar-refractivity contribution >= 4 is 15.8 Å². The molecule has 5 heteroatoms. The highest BCUT2D eigenvalue weighted by molar-refractivity contribution is 7.86. The van der Waals surface area contributed by atoms with E-state index < -0.39 is 10.1 Å². The van der Waals surface area contributed by atoms with Gasteiger partial charge < -0.3 is 5.73 Å². The van der Waals surface area contributed by atoms with Crippen LogP contribution >= 0.6 is 0 Å². The minimum absolute atomic E-state index is 0.164. The molecule has 4 fully saturated rings. The molecule has 0 spiro atoms. The Morgan fingerprint density at radius 2 is 1.54 bits per heavy atom. The maximum absolute atomic E-state index is 12.9. The molecule has 0 saturated heterocycles. The van der Waals surface area contributed by atoms with Crippen LogP contribution in [-0.4, -0.2) is 14.5 Å². The molecule has 2 aromatic carbocycles. The quantitative estimate of drug-likeness (QED) is 0.612. The van der Waals surface area contributed by atoms with Gasteiger partial charge in [-0.3, -0.25) is 4.18 Å². The first-order valence-corrected chi connectivity index (χ1v) is 11.6. The molecular formula is C23H27NO3S. The van der Waals surface area contributed by atoms with Gasteiger partial charge in [-0.25, -0.2) is 0 Å². The van der Waals surface area contributed by atoms with Gasteiger partial charge in [-0.05, 0) is 92.0 Å². The maximum atomic E-state index is 12.9. The lowest BCUT2D eigenvalue weighted by molar-refractivity contribution is -0.0913. The van der Waals surface area contributed by atoms with Crippen LogP contribution in [0.1, 0.15) is 43.2 Å². The van der Waals surface area contributed by atoms with Crippen molar-refractivity contribution in [3.63, 3.8) is 0 Å². The van der Waals surface area contributed by atoms with E-state index in [2.05, 4.69) is 12.1 Å². The Balaban J connectivity index is 1.41. The molecule has 0 amide bonds. The van der Waals surface area contributed by atoms with Crippen molar-refractivity contribution in [2.24, 2.45) is 17.8 Å². The molecule has 4 aliphatic carbocycles. The molecule has 0 aromatic heterocycles. The summed E-state index contributed by atoms with van der Waals surface area (Å²) in [5.74, 6) is 1.30. The van der Waals surface area contributed by atoms with Crippen molar-refractivity contribution in [3.05, 3.63) is 59.7 Å². The SMILES string of the molecule is Cc1ccc(S(=O)(=O)OC2[C@@H]3CC4C[C@H]2CC(c2ccc(N)cc2)(C4)C3)cc1. The summed E-state index contributed by atoms with van der Waals surface area (Å²) in [6, 6.07) is 15.3. The molecule has 2 N–H and O–H groups in total. The highest BCUT2D eigenvalue weighted by Crippen LogP contribution is 2.61. The summed E-state index contributed by atoms with van der Waals surface area (Å²) in [5.41, 5.74) is 9.25. The van der Waals surface area contributed by atoms with E-state index in [-0.39, 0.29) is 16.4 Å². The van der Waals surface area contributed by atoms with Crippen LogP contribution in [0, 0.1) is 24.7 Å². The molecule has 4 bridgehead atoms. The number of hydrogen-bond donors (Lipinski definition) is 1. The number of anilines is 1. The fraction of sp³-hybridized carbons (Fsp3) is 0.478. The Morgan fingerprint density at radius 3 is 2.14 bits per heavy atom. The highest BCUT2D eigenvalue weighted by atomic mass is 32.2. The minimum Gasteiger partial charge on any atom is -0.399 e. The molecule has 6 rings (SSSR count). The molecule has 3 unspecified atom stereocenters. The predicted octanol–water partition coefficient (Wildman–Crippen LogP) is 4.43. The van der Waals surface area contributed by atoms with Crippen molar-refractivity contribution in [1.82, 2.24) is 0 Å². The van der Waals surface area contributed by atoms with E-state index in [9.17, 15) is 8.42 Å². The number of aryl methyl sites for hydroxylation is 1. The molecule has 0 aliphatic heterocycles. The predicted molar refractivity (Wildman–Crippen MR) is 109 cm³/mol. The number of rotatable bonds is 4. The van der Waals surface area contributed by atoms with Crippen LogP contribution < -0.4 is 5.73 Å². The van der Waals surface area contributed by atoms with Crippen LogP contribution in [0.3, 0.4) is 0 Å². The number of hydrogen-bond acceptors (Lipinski definition) is 4. The monoisotopic (exact) mass is 397 g/mol. The van der Waals surface area contributed by atoms with Crippen molar-refractivity contribution < 1.29 is 12.6 Å². The van der Waals surface area contributed by atoms with E-state index in [0.717, 1.165) is 36.9 Å². The molecule has 4 saturated carbocycles. The molecule has 2 aromatic rings. The second-order valence-electron chi connectivity index (χ2n) is 9.20. The van der Waals surface area contributed by atoms with Gasteiger partial charge in [0.15, 0.2) is 0 Å². The Bertz CT molecular complexity index is 966. The lowest BCUT2D eigenvalue weighted by Crippen LogP contribution is -2.56. The zero-order valence-electron chi connectivity index (χ0n) is 16.2. The van der Waals surface area contributed by atoms with E-state index in [0.29, 0.717) is 17.8 Å². The van der Waals surface area contributed by atoms with Gasteiger partial charge in [-0.15, -0.1) is 0 Å². The summed E-state index contributed by atoms with van der Waals surface area (Å²) < 4.78 is 31.7. The second-order valence-corrected chi connectivity index (χ2v) is 10.8. The molecule has 4 aliphatic rings. The normalized spacial score (nSPS) is 33.9. The van der Waals surface area contributed by atoms with Gasteiger partial charge in [-0.1, -0.05) is 29.8 Å². The summed E-state index contributed by atoms with van der Waals surface area (Å²) in [4.78, 5) is 0.264. The average molecular weight is 398 g/mol. The average Bonchev–Trinajstić information content (AvgIpc) is 2.65. The standard InChI is InChI=1S/C23H27NO3S/c1-15-2-8-21(9-3-15)28(25,26)27-22-17-10-16-11-18(22)14-23(12-16,13-17)19-4-6-20(24)7-5-19/h2-9,16-18,22H,10-14,24H2,1H3/t16?,17-,18+,22?,23?. The van der Waals surface area contributed by atoms with E-state index >= 15 is 0 Å².